The molecule has 0 amide bonds. The van der Waals surface area contributed by atoms with Crippen molar-refractivity contribution in [1.82, 2.24) is 4.98 Å². The van der Waals surface area contributed by atoms with Crippen LogP contribution < -0.4 is 5.56 Å². The Bertz CT molecular complexity index is 855. The van der Waals surface area contributed by atoms with E-state index in [2.05, 4.69) is 4.98 Å². The van der Waals surface area contributed by atoms with Gasteiger partial charge in [-0.05, 0) is 18.4 Å². The molecule has 5 heteroatoms. The Balaban J connectivity index is 2.63. The van der Waals surface area contributed by atoms with Gasteiger partial charge in [-0.15, -0.1) is 11.8 Å². The van der Waals surface area contributed by atoms with E-state index in [9.17, 15) is 4.79 Å². The summed E-state index contributed by atoms with van der Waals surface area (Å²) in [5, 5.41) is 10.3. The number of nitrogens with one attached hydrogen (secondary N) is 1. The fourth-order valence-electron chi connectivity index (χ4n) is 2.06. The summed E-state index contributed by atoms with van der Waals surface area (Å²) < 4.78 is 5.53. The molecule has 0 saturated carbocycles. The Kier molecular flexibility index (Phi) is 2.39. The van der Waals surface area contributed by atoms with Crippen LogP contribution in [0.3, 0.4) is 0 Å². The quantitative estimate of drug-likeness (QED) is 0.680. The first-order valence-corrected chi connectivity index (χ1v) is 6.50. The van der Waals surface area contributed by atoms with E-state index in [1.807, 2.05) is 36.6 Å². The number of hydrogen-bond acceptors (Lipinski definition) is 4. The topological polar surface area (TPSA) is 69.8 Å². The number of H-pyrrole nitrogens is 1. The molecule has 18 heavy (non-hydrogen) atoms. The van der Waals surface area contributed by atoms with E-state index in [1.165, 1.54) is 11.8 Å². The maximum Gasteiger partial charge on any atom is 0.260 e. The summed E-state index contributed by atoms with van der Waals surface area (Å²) in [7, 11) is 0. The minimum atomic E-state index is -0.224. The summed E-state index contributed by atoms with van der Waals surface area (Å²) in [4.78, 5) is 15.5. The zero-order valence-electron chi connectivity index (χ0n) is 9.48. The predicted octanol–water partition coefficient (Wildman–Crippen LogP) is 2.87. The Hall–Kier alpha value is -2.19. The number of fused-ring (bicyclic) bond motifs is 3. The number of aromatic nitrogens is 1. The van der Waals surface area contributed by atoms with Gasteiger partial charge in [0.15, 0.2) is 5.58 Å². The van der Waals surface area contributed by atoms with Gasteiger partial charge in [0, 0.05) is 5.39 Å². The van der Waals surface area contributed by atoms with Gasteiger partial charge in [0.1, 0.15) is 11.5 Å². The van der Waals surface area contributed by atoms with Crippen LogP contribution in [0.4, 0.5) is 0 Å². The van der Waals surface area contributed by atoms with Crippen LogP contribution in [-0.4, -0.2) is 11.2 Å². The lowest BCUT2D eigenvalue weighted by molar-refractivity contribution is 0.593. The second-order valence-corrected chi connectivity index (χ2v) is 4.60. The largest absolute Gasteiger partial charge is 0.443 e. The highest BCUT2D eigenvalue weighted by atomic mass is 32.2. The van der Waals surface area contributed by atoms with Gasteiger partial charge in [-0.3, -0.25) is 4.79 Å². The molecular formula is C13H8N2O2S. The number of hydrogen-bond donors (Lipinski definition) is 1. The molecule has 0 aliphatic rings. The summed E-state index contributed by atoms with van der Waals surface area (Å²) in [6.07, 6.45) is 1.82. The summed E-state index contributed by atoms with van der Waals surface area (Å²) in [5.41, 5.74) is 0.967. The molecule has 2 aromatic heterocycles. The molecular weight excluding hydrogens is 248 g/mol. The smallest absolute Gasteiger partial charge is 0.260 e. The predicted molar refractivity (Wildman–Crippen MR) is 70.8 cm³/mol. The summed E-state index contributed by atoms with van der Waals surface area (Å²) in [6, 6.07) is 9.37. The van der Waals surface area contributed by atoms with Crippen molar-refractivity contribution in [3.05, 3.63) is 40.4 Å². The number of nitriles is 1. The Labute approximate surface area is 106 Å². The van der Waals surface area contributed by atoms with Crippen LogP contribution in [0.5, 0.6) is 0 Å². The SMILES string of the molecule is CSc1c(C#N)oc2c1c(=O)[nH]c1ccccc12. The van der Waals surface area contributed by atoms with Gasteiger partial charge in [-0.2, -0.15) is 5.26 Å². The van der Waals surface area contributed by atoms with Crippen molar-refractivity contribution >= 4 is 33.6 Å². The number of para-hydroxylation sites is 1. The molecule has 0 saturated heterocycles. The lowest BCUT2D eigenvalue weighted by atomic mass is 10.2. The molecule has 1 N–H and O–H groups in total. The first-order chi connectivity index (χ1) is 8.76. The minimum absolute atomic E-state index is 0.194. The van der Waals surface area contributed by atoms with Crippen LogP contribution in [0.15, 0.2) is 38.4 Å². The molecule has 1 aromatic carbocycles. The zero-order chi connectivity index (χ0) is 12.7. The van der Waals surface area contributed by atoms with E-state index < -0.39 is 0 Å². The Morgan fingerprint density at radius 2 is 2.17 bits per heavy atom. The van der Waals surface area contributed by atoms with Crippen molar-refractivity contribution in [2.75, 3.05) is 6.26 Å². The molecule has 0 radical (unpaired) electrons. The molecule has 0 atom stereocenters. The molecule has 3 aromatic rings. The van der Waals surface area contributed by atoms with Crippen molar-refractivity contribution in [2.45, 2.75) is 4.90 Å². The van der Waals surface area contributed by atoms with Gasteiger partial charge in [-0.25, -0.2) is 0 Å². The molecule has 0 fully saturated rings. The number of rotatable bonds is 1. The van der Waals surface area contributed by atoms with Crippen LogP contribution in [0.1, 0.15) is 5.76 Å². The Morgan fingerprint density at radius 3 is 2.89 bits per heavy atom. The van der Waals surface area contributed by atoms with Crippen LogP contribution in [0.2, 0.25) is 0 Å². The highest BCUT2D eigenvalue weighted by molar-refractivity contribution is 7.98. The van der Waals surface area contributed by atoms with Crippen molar-refractivity contribution in [3.63, 3.8) is 0 Å². The third kappa shape index (κ3) is 1.36. The summed E-state index contributed by atoms with van der Waals surface area (Å²) in [5.74, 6) is 0.194. The standard InChI is InChI=1S/C13H8N2O2S/c1-18-12-9(6-14)17-11-7-4-2-3-5-8(7)15-13(16)10(11)12/h2-5H,1H3,(H,15,16). The molecule has 4 nitrogen and oxygen atoms in total. The third-order valence-corrected chi connectivity index (χ3v) is 3.61. The second kappa shape index (κ2) is 3.93. The number of pyridine rings is 1. The van der Waals surface area contributed by atoms with Crippen molar-refractivity contribution in [2.24, 2.45) is 0 Å². The van der Waals surface area contributed by atoms with Crippen LogP contribution in [0.25, 0.3) is 21.9 Å². The fraction of sp³-hybridized carbons (Fsp3) is 0.0769. The van der Waals surface area contributed by atoms with Crippen LogP contribution in [-0.2, 0) is 0 Å². The summed E-state index contributed by atoms with van der Waals surface area (Å²) in [6.45, 7) is 0. The third-order valence-electron chi connectivity index (χ3n) is 2.82. The lowest BCUT2D eigenvalue weighted by Crippen LogP contribution is -2.05. The molecule has 0 spiro atoms. The molecule has 0 unspecified atom stereocenters. The molecule has 3 rings (SSSR count). The van der Waals surface area contributed by atoms with Crippen molar-refractivity contribution in [3.8, 4) is 6.07 Å². The second-order valence-electron chi connectivity index (χ2n) is 3.78. The highest BCUT2D eigenvalue weighted by Crippen LogP contribution is 2.33. The van der Waals surface area contributed by atoms with Gasteiger partial charge in [0.25, 0.3) is 5.56 Å². The molecule has 2 heterocycles. The molecule has 0 aliphatic heterocycles. The average Bonchev–Trinajstić information content (AvgIpc) is 2.78. The monoisotopic (exact) mass is 256 g/mol. The zero-order valence-corrected chi connectivity index (χ0v) is 10.3. The van der Waals surface area contributed by atoms with E-state index in [0.717, 1.165) is 5.39 Å². The lowest BCUT2D eigenvalue weighted by Gasteiger charge is -1.97. The maximum absolute atomic E-state index is 12.1. The van der Waals surface area contributed by atoms with Gasteiger partial charge < -0.3 is 9.40 Å². The molecule has 0 bridgehead atoms. The van der Waals surface area contributed by atoms with Crippen molar-refractivity contribution in [1.29, 1.82) is 5.26 Å². The van der Waals surface area contributed by atoms with Gasteiger partial charge in [0.05, 0.1) is 10.4 Å². The number of nitrogens with zero attached hydrogens (tertiary/aromatic N) is 1. The van der Waals surface area contributed by atoms with Gasteiger partial charge >= 0.3 is 0 Å². The fourth-order valence-corrected chi connectivity index (χ4v) is 2.72. The number of benzene rings is 1. The van der Waals surface area contributed by atoms with E-state index in [1.54, 1.807) is 0 Å². The van der Waals surface area contributed by atoms with E-state index in [0.29, 0.717) is 21.4 Å². The van der Waals surface area contributed by atoms with E-state index >= 15 is 0 Å². The van der Waals surface area contributed by atoms with Crippen LogP contribution >= 0.6 is 11.8 Å². The maximum atomic E-state index is 12.1. The van der Waals surface area contributed by atoms with E-state index in [-0.39, 0.29) is 11.3 Å². The Morgan fingerprint density at radius 1 is 1.39 bits per heavy atom. The normalized spacial score (nSPS) is 10.9. The molecule has 88 valence electrons. The number of aromatic amines is 1. The minimum Gasteiger partial charge on any atom is -0.443 e. The highest BCUT2D eigenvalue weighted by Gasteiger charge is 2.18. The average molecular weight is 256 g/mol. The number of furan rings is 1. The first kappa shape index (κ1) is 10.9. The first-order valence-electron chi connectivity index (χ1n) is 5.28. The summed E-state index contributed by atoms with van der Waals surface area (Å²) >= 11 is 1.34. The van der Waals surface area contributed by atoms with E-state index in [4.69, 9.17) is 9.68 Å². The van der Waals surface area contributed by atoms with Gasteiger partial charge in [0.2, 0.25) is 5.76 Å². The molecule has 0 aliphatic carbocycles. The number of thioether (sulfide) groups is 1. The van der Waals surface area contributed by atoms with Crippen molar-refractivity contribution < 1.29 is 4.42 Å². The van der Waals surface area contributed by atoms with Gasteiger partial charge in [-0.1, -0.05) is 12.1 Å². The van der Waals surface area contributed by atoms with Crippen LogP contribution in [0, 0.1) is 11.3 Å².